The minimum atomic E-state index is -0.990. The molecule has 2 N–H and O–H groups in total. The van der Waals surface area contributed by atoms with Crippen LogP contribution in [-0.4, -0.2) is 29.6 Å². The molecule has 2 amide bonds. The minimum Gasteiger partial charge on any atom is -0.335 e. The maximum Gasteiger partial charge on any atom is 0.315 e. The summed E-state index contributed by atoms with van der Waals surface area (Å²) in [6, 6.07) is 32.5. The molecule has 0 spiro atoms. The lowest BCUT2D eigenvalue weighted by molar-refractivity contribution is 0.184. The smallest absolute Gasteiger partial charge is 0.315 e. The molecule has 224 valence electrons. The van der Waals surface area contributed by atoms with Crippen LogP contribution < -0.4 is 10.6 Å². The van der Waals surface area contributed by atoms with Gasteiger partial charge in [-0.05, 0) is 92.0 Å². The highest BCUT2D eigenvalue weighted by Crippen LogP contribution is 2.53. The molecule has 43 heavy (non-hydrogen) atoms. The van der Waals surface area contributed by atoms with Gasteiger partial charge in [-0.15, -0.1) is 0 Å². The van der Waals surface area contributed by atoms with Crippen LogP contribution in [0.4, 0.5) is 4.79 Å². The lowest BCUT2D eigenvalue weighted by Gasteiger charge is -2.38. The van der Waals surface area contributed by atoms with E-state index in [1.54, 1.807) is 11.1 Å². The number of carbonyl (C=O) groups is 1. The van der Waals surface area contributed by atoms with E-state index in [0.717, 1.165) is 42.7 Å². The number of fused-ring (bicyclic) bond motifs is 5. The Morgan fingerprint density at radius 1 is 0.837 bits per heavy atom. The van der Waals surface area contributed by atoms with Crippen molar-refractivity contribution in [2.75, 3.05) is 6.54 Å². The average Bonchev–Trinajstić information content (AvgIpc) is 3.58. The summed E-state index contributed by atoms with van der Waals surface area (Å²) in [5.41, 5.74) is 3.95. The van der Waals surface area contributed by atoms with Crippen LogP contribution >= 0.6 is 0 Å². The van der Waals surface area contributed by atoms with Crippen LogP contribution in [0.2, 0.25) is 0 Å². The molecule has 2 aliphatic heterocycles. The van der Waals surface area contributed by atoms with Crippen LogP contribution in [0.15, 0.2) is 84.9 Å². The number of amides is 2. The molecule has 5 heteroatoms. The number of carbonyl (C=O) groups excluding carboxylic acids is 1. The molecule has 3 atom stereocenters. The van der Waals surface area contributed by atoms with Gasteiger partial charge in [0.1, 0.15) is 5.41 Å². The van der Waals surface area contributed by atoms with Crippen molar-refractivity contribution in [2.24, 2.45) is 11.8 Å². The van der Waals surface area contributed by atoms with E-state index < -0.39 is 5.41 Å². The van der Waals surface area contributed by atoms with E-state index in [0.29, 0.717) is 24.4 Å². The number of benzene rings is 3. The maximum atomic E-state index is 13.6. The Kier molecular flexibility index (Phi) is 8.86. The molecule has 2 fully saturated rings. The molecule has 2 bridgehead atoms. The molecule has 0 aromatic heterocycles. The molecule has 0 radical (unpaired) electrons. The standard InChI is InChI=1S/C38H46N4O/c1-27(2)25-36(38(26-39,29-11-5-3-6-12-29)30-13-7-4-8-14-30)41-37(43)40-31-19-17-28(18-20-31)23-24-42-34-21-22-35(42)33-16-10-9-15-32(33)34/h3-16,27-28,31,34-36H,17-25H2,1-2H3,(H2,40,41,43)/t28-,31-,34-,35+,36-/m0/s1. The summed E-state index contributed by atoms with van der Waals surface area (Å²) in [6.07, 6.45) is 8.88. The molecule has 0 unspecified atom stereocenters. The number of urea groups is 1. The number of nitriles is 1. The van der Waals surface area contributed by atoms with Gasteiger partial charge in [0.25, 0.3) is 0 Å². The number of nitrogens with zero attached hydrogens (tertiary/aromatic N) is 2. The first-order valence-corrected chi connectivity index (χ1v) is 16.4. The summed E-state index contributed by atoms with van der Waals surface area (Å²) in [5, 5.41) is 17.4. The third-order valence-electron chi connectivity index (χ3n) is 10.4. The predicted molar refractivity (Wildman–Crippen MR) is 172 cm³/mol. The predicted octanol–water partition coefficient (Wildman–Crippen LogP) is 8.05. The van der Waals surface area contributed by atoms with Crippen molar-refractivity contribution in [1.82, 2.24) is 15.5 Å². The van der Waals surface area contributed by atoms with E-state index in [2.05, 4.69) is 59.7 Å². The van der Waals surface area contributed by atoms with E-state index in [4.69, 9.17) is 0 Å². The zero-order chi connectivity index (χ0) is 29.8. The summed E-state index contributed by atoms with van der Waals surface area (Å²) in [5.74, 6) is 1.03. The Bertz CT molecular complexity index is 1340. The van der Waals surface area contributed by atoms with E-state index >= 15 is 0 Å². The quantitative estimate of drug-likeness (QED) is 0.257. The highest BCUT2D eigenvalue weighted by atomic mass is 16.2. The molecule has 5 nitrogen and oxygen atoms in total. The van der Waals surface area contributed by atoms with Gasteiger partial charge in [-0.3, -0.25) is 4.90 Å². The average molecular weight is 575 g/mol. The number of hydrogen-bond acceptors (Lipinski definition) is 3. The second-order valence-electron chi connectivity index (χ2n) is 13.4. The third kappa shape index (κ3) is 5.95. The summed E-state index contributed by atoms with van der Waals surface area (Å²) in [7, 11) is 0. The SMILES string of the molecule is CC(C)C[C@H](NC(=O)N[C@H]1CC[C@H](CCN2[C@@H]3CC[C@H]2c2ccccc23)CC1)C(C#N)(c1ccccc1)c1ccccc1. The second kappa shape index (κ2) is 12.9. The Hall–Kier alpha value is -3.62. The zero-order valence-electron chi connectivity index (χ0n) is 25.7. The van der Waals surface area contributed by atoms with Gasteiger partial charge >= 0.3 is 6.03 Å². The molecule has 1 saturated heterocycles. The Morgan fingerprint density at radius 3 is 1.88 bits per heavy atom. The maximum absolute atomic E-state index is 13.6. The van der Waals surface area contributed by atoms with Crippen LogP contribution in [0.3, 0.4) is 0 Å². The summed E-state index contributed by atoms with van der Waals surface area (Å²) in [4.78, 5) is 16.3. The summed E-state index contributed by atoms with van der Waals surface area (Å²) < 4.78 is 0. The van der Waals surface area contributed by atoms with Gasteiger partial charge in [0.2, 0.25) is 0 Å². The van der Waals surface area contributed by atoms with Gasteiger partial charge in [0.15, 0.2) is 0 Å². The lowest BCUT2D eigenvalue weighted by Crippen LogP contribution is -2.55. The highest BCUT2D eigenvalue weighted by molar-refractivity contribution is 5.75. The number of hydrogen-bond donors (Lipinski definition) is 2. The van der Waals surface area contributed by atoms with Crippen molar-refractivity contribution in [3.63, 3.8) is 0 Å². The topological polar surface area (TPSA) is 68.2 Å². The largest absolute Gasteiger partial charge is 0.335 e. The van der Waals surface area contributed by atoms with E-state index in [9.17, 15) is 10.1 Å². The first kappa shape index (κ1) is 29.5. The molecular weight excluding hydrogens is 528 g/mol. The number of nitrogens with one attached hydrogen (secondary N) is 2. The fourth-order valence-corrected chi connectivity index (χ4v) is 8.27. The first-order valence-electron chi connectivity index (χ1n) is 16.4. The van der Waals surface area contributed by atoms with Crippen LogP contribution in [0, 0.1) is 23.2 Å². The fourth-order valence-electron chi connectivity index (χ4n) is 8.27. The normalized spacial score (nSPS) is 23.9. The van der Waals surface area contributed by atoms with Crippen molar-refractivity contribution >= 4 is 6.03 Å². The van der Waals surface area contributed by atoms with Crippen LogP contribution in [0.5, 0.6) is 0 Å². The monoisotopic (exact) mass is 574 g/mol. The fraction of sp³-hybridized carbons (Fsp3) is 0.474. The van der Waals surface area contributed by atoms with Gasteiger partial charge in [-0.25, -0.2) is 4.79 Å². The van der Waals surface area contributed by atoms with Gasteiger partial charge in [-0.1, -0.05) is 98.8 Å². The first-order chi connectivity index (χ1) is 21.0. The summed E-state index contributed by atoms with van der Waals surface area (Å²) in [6.45, 7) is 5.48. The molecule has 2 heterocycles. The highest BCUT2D eigenvalue weighted by Gasteiger charge is 2.45. The zero-order valence-corrected chi connectivity index (χ0v) is 25.7. The Labute approximate surface area is 257 Å². The molecule has 1 saturated carbocycles. The van der Waals surface area contributed by atoms with Crippen molar-refractivity contribution in [3.05, 3.63) is 107 Å². The van der Waals surface area contributed by atoms with Gasteiger partial charge in [-0.2, -0.15) is 5.26 Å². The molecule has 3 aromatic rings. The Balaban J connectivity index is 1.07. The Morgan fingerprint density at radius 2 is 1.37 bits per heavy atom. The van der Waals surface area contributed by atoms with Crippen LogP contribution in [0.1, 0.15) is 99.6 Å². The number of rotatable bonds is 10. The molecule has 3 aromatic carbocycles. The van der Waals surface area contributed by atoms with Crippen LogP contribution in [-0.2, 0) is 5.41 Å². The molecule has 1 aliphatic carbocycles. The van der Waals surface area contributed by atoms with E-state index in [1.807, 2.05) is 60.7 Å². The molecule has 6 rings (SSSR count). The van der Waals surface area contributed by atoms with Gasteiger partial charge in [0.05, 0.1) is 12.1 Å². The van der Waals surface area contributed by atoms with Crippen LogP contribution in [0.25, 0.3) is 0 Å². The third-order valence-corrected chi connectivity index (χ3v) is 10.4. The van der Waals surface area contributed by atoms with Gasteiger partial charge < -0.3 is 10.6 Å². The minimum absolute atomic E-state index is 0.160. The van der Waals surface area contributed by atoms with Crippen molar-refractivity contribution in [1.29, 1.82) is 5.26 Å². The van der Waals surface area contributed by atoms with Crippen molar-refractivity contribution in [2.45, 2.75) is 94.8 Å². The molecular formula is C38H46N4O. The van der Waals surface area contributed by atoms with Gasteiger partial charge in [0, 0.05) is 18.1 Å². The molecule has 3 aliphatic rings. The van der Waals surface area contributed by atoms with E-state index in [-0.39, 0.29) is 18.1 Å². The second-order valence-corrected chi connectivity index (χ2v) is 13.4. The summed E-state index contributed by atoms with van der Waals surface area (Å²) >= 11 is 0. The lowest BCUT2D eigenvalue weighted by atomic mass is 9.68. The van der Waals surface area contributed by atoms with Crippen molar-refractivity contribution < 1.29 is 4.79 Å². The van der Waals surface area contributed by atoms with Crippen molar-refractivity contribution in [3.8, 4) is 6.07 Å². The van der Waals surface area contributed by atoms with E-state index in [1.165, 1.54) is 25.8 Å².